The van der Waals surface area contributed by atoms with Crippen LogP contribution in [0.2, 0.25) is 0 Å². The summed E-state index contributed by atoms with van der Waals surface area (Å²) in [6, 6.07) is 12.8. The van der Waals surface area contributed by atoms with E-state index in [4.69, 9.17) is 0 Å². The van der Waals surface area contributed by atoms with Crippen molar-refractivity contribution in [1.82, 2.24) is 0 Å². The molecule has 2 aromatic rings. The first-order chi connectivity index (χ1) is 10.00. The van der Waals surface area contributed by atoms with Gasteiger partial charge in [-0.05, 0) is 54.5 Å². The highest BCUT2D eigenvalue weighted by atomic mass is 79.9. The number of hydrogen-bond donors (Lipinski definition) is 1. The maximum atomic E-state index is 10.5. The fraction of sp³-hybridized carbons (Fsp3) is 0.400. The number of aryl methyl sites for hydroxylation is 1. The van der Waals surface area contributed by atoms with Crippen LogP contribution in [0.15, 0.2) is 40.9 Å². The summed E-state index contributed by atoms with van der Waals surface area (Å²) >= 11 is 3.67. The Bertz CT molecular complexity index is 671. The molecule has 0 saturated heterocycles. The van der Waals surface area contributed by atoms with Gasteiger partial charge in [0.05, 0.1) is 5.60 Å². The second-order valence-electron chi connectivity index (χ2n) is 7.56. The Morgan fingerprint density at radius 3 is 1.91 bits per heavy atom. The van der Waals surface area contributed by atoms with Crippen molar-refractivity contribution in [2.75, 3.05) is 0 Å². The van der Waals surface area contributed by atoms with Crippen molar-refractivity contribution in [3.05, 3.63) is 57.6 Å². The summed E-state index contributed by atoms with van der Waals surface area (Å²) < 4.78 is 1.02. The molecule has 1 N–H and O–H groups in total. The molecule has 2 aromatic carbocycles. The van der Waals surface area contributed by atoms with Crippen molar-refractivity contribution < 1.29 is 5.11 Å². The molecule has 0 heterocycles. The van der Waals surface area contributed by atoms with Gasteiger partial charge >= 0.3 is 0 Å². The summed E-state index contributed by atoms with van der Waals surface area (Å²) in [5.74, 6) is 0. The predicted octanol–water partition coefficient (Wildman–Crippen LogP) is 5.95. The van der Waals surface area contributed by atoms with Crippen molar-refractivity contribution in [3.8, 4) is 11.1 Å². The molecule has 2 rings (SSSR count). The standard InChI is InChI=1S/C20H25BrO/c1-13-11-16(20(5,6)22)18(17(21)12-13)14-7-9-15(10-8-14)19(2,3)4/h7-12,22H,1-6H3. The Morgan fingerprint density at radius 2 is 1.45 bits per heavy atom. The van der Waals surface area contributed by atoms with E-state index in [1.165, 1.54) is 5.56 Å². The number of benzene rings is 2. The summed E-state index contributed by atoms with van der Waals surface area (Å²) in [6.07, 6.45) is 0. The van der Waals surface area contributed by atoms with E-state index in [0.717, 1.165) is 26.7 Å². The minimum absolute atomic E-state index is 0.141. The van der Waals surface area contributed by atoms with Gasteiger partial charge in [-0.25, -0.2) is 0 Å². The Morgan fingerprint density at radius 1 is 0.909 bits per heavy atom. The molecule has 0 fully saturated rings. The quantitative estimate of drug-likeness (QED) is 0.701. The third-order valence-electron chi connectivity index (χ3n) is 3.93. The van der Waals surface area contributed by atoms with Gasteiger partial charge in [-0.2, -0.15) is 0 Å². The first-order valence-corrected chi connectivity index (χ1v) is 8.43. The van der Waals surface area contributed by atoms with Crippen LogP contribution < -0.4 is 0 Å². The molecule has 0 aliphatic carbocycles. The Balaban J connectivity index is 2.62. The third-order valence-corrected chi connectivity index (χ3v) is 4.56. The van der Waals surface area contributed by atoms with Crippen LogP contribution in [-0.4, -0.2) is 5.11 Å². The summed E-state index contributed by atoms with van der Waals surface area (Å²) in [4.78, 5) is 0. The highest BCUT2D eigenvalue weighted by Crippen LogP contribution is 2.38. The fourth-order valence-corrected chi connectivity index (χ4v) is 3.46. The average Bonchev–Trinajstić information content (AvgIpc) is 2.36. The van der Waals surface area contributed by atoms with Gasteiger partial charge in [0.2, 0.25) is 0 Å². The molecule has 118 valence electrons. The normalized spacial score (nSPS) is 12.5. The van der Waals surface area contributed by atoms with Crippen LogP contribution in [0.1, 0.15) is 51.3 Å². The molecular formula is C20H25BrO. The lowest BCUT2D eigenvalue weighted by atomic mass is 9.84. The van der Waals surface area contributed by atoms with Crippen LogP contribution in [-0.2, 0) is 11.0 Å². The van der Waals surface area contributed by atoms with Crippen LogP contribution in [0.4, 0.5) is 0 Å². The zero-order valence-corrected chi connectivity index (χ0v) is 15.9. The van der Waals surface area contributed by atoms with Crippen molar-refractivity contribution >= 4 is 15.9 Å². The fourth-order valence-electron chi connectivity index (χ4n) is 2.66. The van der Waals surface area contributed by atoms with E-state index in [0.29, 0.717) is 0 Å². The topological polar surface area (TPSA) is 20.2 Å². The first kappa shape index (κ1) is 17.2. The molecule has 0 aromatic heterocycles. The molecule has 0 bridgehead atoms. The van der Waals surface area contributed by atoms with Gasteiger partial charge in [0.15, 0.2) is 0 Å². The SMILES string of the molecule is Cc1cc(Br)c(-c2ccc(C(C)(C)C)cc2)c(C(C)(C)O)c1. The van der Waals surface area contributed by atoms with Gasteiger partial charge in [-0.15, -0.1) is 0 Å². The number of aliphatic hydroxyl groups is 1. The molecule has 22 heavy (non-hydrogen) atoms. The Kier molecular flexibility index (Phi) is 4.56. The van der Waals surface area contributed by atoms with Crippen LogP contribution >= 0.6 is 15.9 Å². The van der Waals surface area contributed by atoms with Gasteiger partial charge in [-0.1, -0.05) is 67.0 Å². The van der Waals surface area contributed by atoms with Gasteiger partial charge in [0, 0.05) is 10.0 Å². The highest BCUT2D eigenvalue weighted by molar-refractivity contribution is 9.10. The Labute approximate surface area is 142 Å². The van der Waals surface area contributed by atoms with E-state index >= 15 is 0 Å². The molecule has 0 radical (unpaired) electrons. The van der Waals surface area contributed by atoms with Gasteiger partial charge in [0.25, 0.3) is 0 Å². The predicted molar refractivity (Wildman–Crippen MR) is 98.3 cm³/mol. The monoisotopic (exact) mass is 360 g/mol. The van der Waals surface area contributed by atoms with E-state index in [1.54, 1.807) is 0 Å². The summed E-state index contributed by atoms with van der Waals surface area (Å²) in [6.45, 7) is 12.4. The molecule has 1 nitrogen and oxygen atoms in total. The van der Waals surface area contributed by atoms with E-state index in [9.17, 15) is 5.11 Å². The van der Waals surface area contributed by atoms with E-state index in [2.05, 4.69) is 73.1 Å². The van der Waals surface area contributed by atoms with Crippen LogP contribution in [0.25, 0.3) is 11.1 Å². The van der Waals surface area contributed by atoms with Crippen LogP contribution in [0, 0.1) is 6.92 Å². The van der Waals surface area contributed by atoms with Gasteiger partial charge in [-0.3, -0.25) is 0 Å². The molecule has 0 unspecified atom stereocenters. The van der Waals surface area contributed by atoms with E-state index in [1.807, 2.05) is 20.8 Å². The van der Waals surface area contributed by atoms with Gasteiger partial charge < -0.3 is 5.11 Å². The molecular weight excluding hydrogens is 336 g/mol. The highest BCUT2D eigenvalue weighted by Gasteiger charge is 2.23. The zero-order valence-electron chi connectivity index (χ0n) is 14.3. The third kappa shape index (κ3) is 3.61. The van der Waals surface area contributed by atoms with Crippen molar-refractivity contribution in [1.29, 1.82) is 0 Å². The van der Waals surface area contributed by atoms with Crippen molar-refractivity contribution in [3.63, 3.8) is 0 Å². The second-order valence-corrected chi connectivity index (χ2v) is 8.41. The number of hydrogen-bond acceptors (Lipinski definition) is 1. The van der Waals surface area contributed by atoms with Crippen molar-refractivity contribution in [2.45, 2.75) is 52.6 Å². The molecule has 0 aliphatic rings. The maximum Gasteiger partial charge on any atom is 0.0847 e. The molecule has 0 atom stereocenters. The van der Waals surface area contributed by atoms with Crippen LogP contribution in [0.5, 0.6) is 0 Å². The van der Waals surface area contributed by atoms with Crippen LogP contribution in [0.3, 0.4) is 0 Å². The van der Waals surface area contributed by atoms with E-state index in [-0.39, 0.29) is 5.41 Å². The van der Waals surface area contributed by atoms with Gasteiger partial charge in [0.1, 0.15) is 0 Å². The smallest absolute Gasteiger partial charge is 0.0847 e. The average molecular weight is 361 g/mol. The molecule has 0 spiro atoms. The minimum Gasteiger partial charge on any atom is -0.386 e. The Hall–Kier alpha value is -1.12. The summed E-state index contributed by atoms with van der Waals surface area (Å²) in [7, 11) is 0. The lowest BCUT2D eigenvalue weighted by Gasteiger charge is -2.25. The molecule has 0 amide bonds. The number of rotatable bonds is 2. The molecule has 0 aliphatic heterocycles. The second kappa shape index (κ2) is 5.82. The largest absolute Gasteiger partial charge is 0.386 e. The lowest BCUT2D eigenvalue weighted by Crippen LogP contribution is -2.17. The first-order valence-electron chi connectivity index (χ1n) is 7.64. The summed E-state index contributed by atoms with van der Waals surface area (Å²) in [5.41, 5.74) is 4.84. The lowest BCUT2D eigenvalue weighted by molar-refractivity contribution is 0.0791. The maximum absolute atomic E-state index is 10.5. The molecule has 2 heteroatoms. The zero-order chi connectivity index (χ0) is 16.7. The van der Waals surface area contributed by atoms with Crippen molar-refractivity contribution in [2.24, 2.45) is 0 Å². The summed E-state index contributed by atoms with van der Waals surface area (Å²) in [5, 5.41) is 10.5. The number of halogens is 1. The van der Waals surface area contributed by atoms with E-state index < -0.39 is 5.60 Å². The minimum atomic E-state index is -0.882. The molecule has 0 saturated carbocycles.